The molecule has 0 amide bonds. The van der Waals surface area contributed by atoms with Gasteiger partial charge >= 0.3 is 0 Å². The summed E-state index contributed by atoms with van der Waals surface area (Å²) in [6, 6.07) is 8.66. The van der Waals surface area contributed by atoms with Crippen molar-refractivity contribution in [3.05, 3.63) is 51.5 Å². The molecule has 1 aromatic carbocycles. The molecular weight excluding hydrogens is 290 g/mol. The van der Waals surface area contributed by atoms with Gasteiger partial charge in [-0.15, -0.1) is 0 Å². The summed E-state index contributed by atoms with van der Waals surface area (Å²) >= 11 is 3.45. The first kappa shape index (κ1) is 11.9. The largest absolute Gasteiger partial charge is 0.345 e. The van der Waals surface area contributed by atoms with Gasteiger partial charge in [-0.25, -0.2) is 4.98 Å². The van der Waals surface area contributed by atoms with E-state index < -0.39 is 0 Å². The number of benzene rings is 1. The summed E-state index contributed by atoms with van der Waals surface area (Å²) in [6.45, 7) is 0. The number of nitrogens with zero attached hydrogens (tertiary/aromatic N) is 1. The second kappa shape index (κ2) is 4.86. The van der Waals surface area contributed by atoms with Crippen LogP contribution < -0.4 is 5.73 Å². The van der Waals surface area contributed by atoms with Gasteiger partial charge < -0.3 is 10.7 Å². The average Bonchev–Trinajstić information content (AvgIpc) is 2.73. The minimum atomic E-state index is 0.290. The summed E-state index contributed by atoms with van der Waals surface area (Å²) in [7, 11) is 0. The molecule has 0 aliphatic heterocycles. The van der Waals surface area contributed by atoms with Gasteiger partial charge in [0, 0.05) is 29.1 Å². The standard InChI is InChI=1S/C14H16BrN3/c15-10-3-1-9(2-4-10)7-14-17-12-6-5-11(16)8-13(12)18-14/h1-4,11H,5-8,16H2,(H,17,18). The van der Waals surface area contributed by atoms with E-state index in [0.29, 0.717) is 6.04 Å². The normalized spacial score (nSPS) is 18.7. The van der Waals surface area contributed by atoms with E-state index in [0.717, 1.165) is 36.0 Å². The number of aromatic nitrogens is 2. The summed E-state index contributed by atoms with van der Waals surface area (Å²) in [5.74, 6) is 1.05. The lowest BCUT2D eigenvalue weighted by molar-refractivity contribution is 0.565. The van der Waals surface area contributed by atoms with Crippen LogP contribution in [0.15, 0.2) is 28.7 Å². The van der Waals surface area contributed by atoms with E-state index in [1.54, 1.807) is 0 Å². The Bertz CT molecular complexity index is 545. The predicted octanol–water partition coefficient (Wildman–Crippen LogP) is 2.58. The smallest absolute Gasteiger partial charge is 0.110 e. The summed E-state index contributed by atoms with van der Waals surface area (Å²) < 4.78 is 1.11. The Morgan fingerprint density at radius 3 is 2.89 bits per heavy atom. The van der Waals surface area contributed by atoms with Crippen molar-refractivity contribution in [2.75, 3.05) is 0 Å². The number of imidazole rings is 1. The topological polar surface area (TPSA) is 54.7 Å². The van der Waals surface area contributed by atoms with Gasteiger partial charge in [-0.05, 0) is 30.5 Å². The Balaban J connectivity index is 1.79. The summed E-state index contributed by atoms with van der Waals surface area (Å²) in [4.78, 5) is 8.10. The Labute approximate surface area is 115 Å². The van der Waals surface area contributed by atoms with Crippen LogP contribution in [0.3, 0.4) is 0 Å². The predicted molar refractivity (Wildman–Crippen MR) is 75.5 cm³/mol. The second-order valence-electron chi connectivity index (χ2n) is 4.91. The van der Waals surface area contributed by atoms with E-state index in [2.05, 4.69) is 50.2 Å². The maximum Gasteiger partial charge on any atom is 0.110 e. The van der Waals surface area contributed by atoms with Crippen molar-refractivity contribution < 1.29 is 0 Å². The lowest BCUT2D eigenvalue weighted by Crippen LogP contribution is -2.27. The summed E-state index contributed by atoms with van der Waals surface area (Å²) in [6.07, 6.45) is 3.85. The Morgan fingerprint density at radius 2 is 2.11 bits per heavy atom. The monoisotopic (exact) mass is 305 g/mol. The van der Waals surface area contributed by atoms with Crippen LogP contribution in [0.25, 0.3) is 0 Å². The van der Waals surface area contributed by atoms with Crippen molar-refractivity contribution in [2.45, 2.75) is 31.7 Å². The van der Waals surface area contributed by atoms with Crippen molar-refractivity contribution in [2.24, 2.45) is 5.73 Å². The average molecular weight is 306 g/mol. The second-order valence-corrected chi connectivity index (χ2v) is 5.83. The van der Waals surface area contributed by atoms with Gasteiger partial charge in [-0.3, -0.25) is 0 Å². The highest BCUT2D eigenvalue weighted by Gasteiger charge is 2.19. The molecule has 1 aromatic heterocycles. The van der Waals surface area contributed by atoms with E-state index in [4.69, 9.17) is 5.73 Å². The van der Waals surface area contributed by atoms with E-state index in [1.807, 2.05) is 0 Å². The zero-order chi connectivity index (χ0) is 12.5. The molecule has 1 atom stereocenters. The number of halogens is 1. The number of H-pyrrole nitrogens is 1. The van der Waals surface area contributed by atoms with Crippen LogP contribution in [-0.2, 0) is 19.3 Å². The number of rotatable bonds is 2. The van der Waals surface area contributed by atoms with Crippen molar-refractivity contribution in [3.63, 3.8) is 0 Å². The first-order chi connectivity index (χ1) is 8.70. The Hall–Kier alpha value is -1.13. The minimum Gasteiger partial charge on any atom is -0.345 e. The molecule has 1 aliphatic rings. The van der Waals surface area contributed by atoms with Gasteiger partial charge in [0.1, 0.15) is 5.82 Å². The van der Waals surface area contributed by atoms with E-state index in [9.17, 15) is 0 Å². The van der Waals surface area contributed by atoms with Gasteiger partial charge in [-0.2, -0.15) is 0 Å². The number of aromatic amines is 1. The zero-order valence-corrected chi connectivity index (χ0v) is 11.7. The lowest BCUT2D eigenvalue weighted by atomic mass is 9.97. The van der Waals surface area contributed by atoms with Crippen molar-refractivity contribution in [1.82, 2.24) is 9.97 Å². The molecule has 0 saturated carbocycles. The number of aryl methyl sites for hydroxylation is 1. The third kappa shape index (κ3) is 2.49. The SMILES string of the molecule is NC1CCc2nc(Cc3ccc(Br)cc3)[nH]c2C1. The van der Waals surface area contributed by atoms with Crippen molar-refractivity contribution in [3.8, 4) is 0 Å². The third-order valence-electron chi connectivity index (χ3n) is 3.42. The van der Waals surface area contributed by atoms with Gasteiger partial charge in [0.2, 0.25) is 0 Å². The summed E-state index contributed by atoms with van der Waals surface area (Å²) in [5, 5.41) is 0. The van der Waals surface area contributed by atoms with Crippen LogP contribution >= 0.6 is 15.9 Å². The molecule has 0 saturated heterocycles. The van der Waals surface area contributed by atoms with Crippen LogP contribution in [0, 0.1) is 0 Å². The minimum absolute atomic E-state index is 0.290. The van der Waals surface area contributed by atoms with Gasteiger partial charge in [0.05, 0.1) is 5.69 Å². The highest BCUT2D eigenvalue weighted by Crippen LogP contribution is 2.20. The zero-order valence-electron chi connectivity index (χ0n) is 10.1. The third-order valence-corrected chi connectivity index (χ3v) is 3.95. The maximum atomic E-state index is 5.98. The highest BCUT2D eigenvalue weighted by molar-refractivity contribution is 9.10. The molecule has 4 heteroatoms. The molecule has 18 heavy (non-hydrogen) atoms. The number of nitrogens with two attached hydrogens (primary N) is 1. The van der Waals surface area contributed by atoms with Gasteiger partial charge in [0.15, 0.2) is 0 Å². The molecule has 3 N–H and O–H groups in total. The number of hydrogen-bond donors (Lipinski definition) is 2. The van der Waals surface area contributed by atoms with E-state index >= 15 is 0 Å². The first-order valence-electron chi connectivity index (χ1n) is 6.27. The molecule has 1 heterocycles. The molecule has 2 aromatic rings. The van der Waals surface area contributed by atoms with Crippen LogP contribution in [0.2, 0.25) is 0 Å². The van der Waals surface area contributed by atoms with Gasteiger partial charge in [-0.1, -0.05) is 28.1 Å². The Morgan fingerprint density at radius 1 is 1.33 bits per heavy atom. The molecular formula is C14H16BrN3. The van der Waals surface area contributed by atoms with Crippen LogP contribution in [0.1, 0.15) is 29.2 Å². The highest BCUT2D eigenvalue weighted by atomic mass is 79.9. The molecule has 0 radical (unpaired) electrons. The molecule has 3 rings (SSSR count). The van der Waals surface area contributed by atoms with Crippen LogP contribution in [-0.4, -0.2) is 16.0 Å². The number of hydrogen-bond acceptors (Lipinski definition) is 2. The molecule has 0 bridgehead atoms. The van der Waals surface area contributed by atoms with Crippen LogP contribution in [0.5, 0.6) is 0 Å². The lowest BCUT2D eigenvalue weighted by Gasteiger charge is -2.15. The number of nitrogens with one attached hydrogen (secondary N) is 1. The summed E-state index contributed by atoms with van der Waals surface area (Å²) in [5.41, 5.74) is 9.70. The quantitative estimate of drug-likeness (QED) is 0.896. The molecule has 94 valence electrons. The molecule has 1 aliphatic carbocycles. The first-order valence-corrected chi connectivity index (χ1v) is 7.06. The number of fused-ring (bicyclic) bond motifs is 1. The Kier molecular flexibility index (Phi) is 3.22. The van der Waals surface area contributed by atoms with Gasteiger partial charge in [0.25, 0.3) is 0 Å². The van der Waals surface area contributed by atoms with Crippen LogP contribution in [0.4, 0.5) is 0 Å². The molecule has 0 spiro atoms. The van der Waals surface area contributed by atoms with Crippen molar-refractivity contribution >= 4 is 15.9 Å². The van der Waals surface area contributed by atoms with E-state index in [-0.39, 0.29) is 0 Å². The maximum absolute atomic E-state index is 5.98. The fourth-order valence-electron chi connectivity index (χ4n) is 2.45. The molecule has 1 unspecified atom stereocenters. The van der Waals surface area contributed by atoms with Crippen molar-refractivity contribution in [1.29, 1.82) is 0 Å². The fourth-order valence-corrected chi connectivity index (χ4v) is 2.71. The van der Waals surface area contributed by atoms with E-state index in [1.165, 1.54) is 17.0 Å². The molecule has 3 nitrogen and oxygen atoms in total. The fraction of sp³-hybridized carbons (Fsp3) is 0.357. The molecule has 0 fully saturated rings.